The van der Waals surface area contributed by atoms with Gasteiger partial charge in [-0.15, -0.1) is 0 Å². The molecule has 0 bridgehead atoms. The van der Waals surface area contributed by atoms with Crippen LogP contribution in [0.4, 0.5) is 0 Å². The summed E-state index contributed by atoms with van der Waals surface area (Å²) in [6, 6.07) is 14.7. The molecule has 2 amide bonds. The van der Waals surface area contributed by atoms with Crippen molar-refractivity contribution in [2.75, 3.05) is 13.2 Å². The van der Waals surface area contributed by atoms with Crippen LogP contribution >= 0.6 is 0 Å². The highest BCUT2D eigenvalue weighted by Gasteiger charge is 2.34. The van der Waals surface area contributed by atoms with Gasteiger partial charge in [-0.2, -0.15) is 5.26 Å². The molecule has 3 rings (SSSR count). The van der Waals surface area contributed by atoms with Gasteiger partial charge in [-0.1, -0.05) is 24.3 Å². The molecule has 1 aliphatic rings. The normalized spacial score (nSPS) is 12.9. The second-order valence-corrected chi connectivity index (χ2v) is 6.85. The summed E-state index contributed by atoms with van der Waals surface area (Å²) in [5, 5.41) is 9.12. The molecule has 0 atom stereocenters. The van der Waals surface area contributed by atoms with E-state index in [4.69, 9.17) is 14.7 Å². The predicted molar refractivity (Wildman–Crippen MR) is 113 cm³/mol. The lowest BCUT2D eigenvalue weighted by Crippen LogP contribution is -2.31. The molecule has 0 spiro atoms. The highest BCUT2D eigenvalue weighted by Crippen LogP contribution is 2.23. The molecule has 162 valence electrons. The molecule has 2 aromatic rings. The summed E-state index contributed by atoms with van der Waals surface area (Å²) < 4.78 is 10.1. The van der Waals surface area contributed by atoms with Crippen LogP contribution in [0.3, 0.4) is 0 Å². The summed E-state index contributed by atoms with van der Waals surface area (Å²) in [5.41, 5.74) is 1.05. The molecule has 32 heavy (non-hydrogen) atoms. The molecule has 0 aliphatic carbocycles. The van der Waals surface area contributed by atoms with Gasteiger partial charge in [0.05, 0.1) is 17.7 Å². The fourth-order valence-electron chi connectivity index (χ4n) is 3.19. The molecule has 2 aromatic carbocycles. The number of fused-ring (bicyclic) bond motifs is 1. The van der Waals surface area contributed by atoms with Gasteiger partial charge in [-0.3, -0.25) is 19.3 Å². The average Bonchev–Trinajstić information content (AvgIpc) is 3.03. The van der Waals surface area contributed by atoms with E-state index in [9.17, 15) is 19.2 Å². The highest BCUT2D eigenvalue weighted by molar-refractivity contribution is 6.21. The van der Waals surface area contributed by atoms with Crippen LogP contribution in [0.25, 0.3) is 6.08 Å². The smallest absolute Gasteiger partial charge is 0.348 e. The van der Waals surface area contributed by atoms with Crippen molar-refractivity contribution in [3.63, 3.8) is 0 Å². The van der Waals surface area contributed by atoms with Crippen LogP contribution in [0.2, 0.25) is 0 Å². The Morgan fingerprint density at radius 2 is 1.75 bits per heavy atom. The number of rotatable bonds is 8. The number of esters is 2. The van der Waals surface area contributed by atoms with Crippen LogP contribution < -0.4 is 4.74 Å². The van der Waals surface area contributed by atoms with Crippen LogP contribution in [-0.4, -0.2) is 41.8 Å². The first kappa shape index (κ1) is 22.4. The minimum absolute atomic E-state index is 0.000254. The Balaban J connectivity index is 1.55. The molecule has 0 saturated heterocycles. The highest BCUT2D eigenvalue weighted by atomic mass is 16.5. The van der Waals surface area contributed by atoms with Gasteiger partial charge >= 0.3 is 11.9 Å². The zero-order chi connectivity index (χ0) is 23.1. The summed E-state index contributed by atoms with van der Waals surface area (Å²) in [5.74, 6) is -1.76. The summed E-state index contributed by atoms with van der Waals surface area (Å²) in [6.07, 6.45) is 1.60. The van der Waals surface area contributed by atoms with Crippen molar-refractivity contribution in [2.45, 2.75) is 19.8 Å². The third kappa shape index (κ3) is 5.08. The molecule has 0 fully saturated rings. The second kappa shape index (κ2) is 10.2. The Kier molecular flexibility index (Phi) is 7.13. The quantitative estimate of drug-likeness (QED) is 0.207. The first-order valence-corrected chi connectivity index (χ1v) is 9.99. The number of amides is 2. The van der Waals surface area contributed by atoms with Gasteiger partial charge in [0.2, 0.25) is 0 Å². The number of hydrogen-bond donors (Lipinski definition) is 0. The SMILES string of the molecule is CCOC(=O)/C(C#N)=C/c1cccc(OC(=O)CCCN2C(=O)c3ccccc3C2=O)c1. The van der Waals surface area contributed by atoms with E-state index < -0.39 is 11.9 Å². The average molecular weight is 432 g/mol. The molecule has 8 heteroatoms. The Morgan fingerprint density at radius 3 is 2.38 bits per heavy atom. The molecular weight excluding hydrogens is 412 g/mol. The van der Waals surface area contributed by atoms with Gasteiger partial charge in [0.1, 0.15) is 17.4 Å². The number of carbonyl (C=O) groups is 4. The summed E-state index contributed by atoms with van der Waals surface area (Å²) in [4.78, 5) is 49.7. The monoisotopic (exact) mass is 432 g/mol. The summed E-state index contributed by atoms with van der Waals surface area (Å²) in [7, 11) is 0. The maximum atomic E-state index is 12.3. The zero-order valence-corrected chi connectivity index (χ0v) is 17.4. The largest absolute Gasteiger partial charge is 0.462 e. The van der Waals surface area contributed by atoms with Crippen LogP contribution in [0.5, 0.6) is 5.75 Å². The Bertz CT molecular complexity index is 1110. The van der Waals surface area contributed by atoms with E-state index in [0.717, 1.165) is 4.90 Å². The molecule has 1 aliphatic heterocycles. The lowest BCUT2D eigenvalue weighted by Gasteiger charge is -2.13. The van der Waals surface area contributed by atoms with Gasteiger partial charge in [-0.25, -0.2) is 4.79 Å². The number of carbonyl (C=O) groups excluding carboxylic acids is 4. The van der Waals surface area contributed by atoms with E-state index in [2.05, 4.69) is 0 Å². The van der Waals surface area contributed by atoms with Crippen molar-refractivity contribution >= 4 is 29.8 Å². The maximum Gasteiger partial charge on any atom is 0.348 e. The lowest BCUT2D eigenvalue weighted by molar-refractivity contribution is -0.138. The first-order valence-electron chi connectivity index (χ1n) is 9.99. The van der Waals surface area contributed by atoms with E-state index in [0.29, 0.717) is 16.7 Å². The summed E-state index contributed by atoms with van der Waals surface area (Å²) >= 11 is 0. The van der Waals surface area contributed by atoms with Crippen LogP contribution in [-0.2, 0) is 14.3 Å². The molecular formula is C24H20N2O6. The fraction of sp³-hybridized carbons (Fsp3) is 0.208. The predicted octanol–water partition coefficient (Wildman–Crippen LogP) is 3.14. The van der Waals surface area contributed by atoms with E-state index in [1.54, 1.807) is 55.5 Å². The van der Waals surface area contributed by atoms with Crippen molar-refractivity contribution in [3.8, 4) is 11.8 Å². The topological polar surface area (TPSA) is 114 Å². The van der Waals surface area contributed by atoms with E-state index >= 15 is 0 Å². The van der Waals surface area contributed by atoms with Gasteiger partial charge in [0, 0.05) is 13.0 Å². The van der Waals surface area contributed by atoms with Crippen LogP contribution in [0.1, 0.15) is 46.0 Å². The number of nitriles is 1. The van der Waals surface area contributed by atoms with Crippen molar-refractivity contribution in [3.05, 3.63) is 70.8 Å². The third-order valence-electron chi connectivity index (χ3n) is 4.66. The van der Waals surface area contributed by atoms with E-state index in [1.807, 2.05) is 0 Å². The van der Waals surface area contributed by atoms with Crippen molar-refractivity contribution in [1.29, 1.82) is 5.26 Å². The maximum absolute atomic E-state index is 12.3. The minimum Gasteiger partial charge on any atom is -0.462 e. The molecule has 0 unspecified atom stereocenters. The molecule has 0 saturated carbocycles. The Hall–Kier alpha value is -4.25. The first-order chi connectivity index (χ1) is 15.4. The fourth-order valence-corrected chi connectivity index (χ4v) is 3.19. The minimum atomic E-state index is -0.731. The molecule has 8 nitrogen and oxygen atoms in total. The van der Waals surface area contributed by atoms with Crippen molar-refractivity contribution < 1.29 is 28.7 Å². The van der Waals surface area contributed by atoms with Gasteiger partial charge < -0.3 is 9.47 Å². The van der Waals surface area contributed by atoms with Gasteiger partial charge in [0.25, 0.3) is 11.8 Å². The molecule has 0 radical (unpaired) electrons. The second-order valence-electron chi connectivity index (χ2n) is 6.85. The van der Waals surface area contributed by atoms with E-state index in [-0.39, 0.29) is 49.1 Å². The van der Waals surface area contributed by atoms with Crippen LogP contribution in [0.15, 0.2) is 54.1 Å². The molecule has 1 heterocycles. The van der Waals surface area contributed by atoms with Gasteiger partial charge in [-0.05, 0) is 49.2 Å². The lowest BCUT2D eigenvalue weighted by atomic mass is 10.1. The standard InChI is InChI=1S/C24H20N2O6/c1-2-31-24(30)17(15-25)13-16-7-5-8-18(14-16)32-21(27)11-6-12-26-22(28)19-9-3-4-10-20(19)23(26)29/h3-5,7-10,13-14H,2,6,11-12H2,1H3/b17-13+. The number of ether oxygens (including phenoxy) is 2. The van der Waals surface area contributed by atoms with Crippen LogP contribution in [0, 0.1) is 11.3 Å². The Morgan fingerprint density at radius 1 is 1.06 bits per heavy atom. The van der Waals surface area contributed by atoms with Crippen molar-refractivity contribution in [2.24, 2.45) is 0 Å². The number of benzene rings is 2. The van der Waals surface area contributed by atoms with E-state index in [1.165, 1.54) is 12.1 Å². The zero-order valence-electron chi connectivity index (χ0n) is 17.4. The Labute approximate surface area is 184 Å². The number of hydrogen-bond acceptors (Lipinski definition) is 7. The molecule has 0 N–H and O–H groups in total. The van der Waals surface area contributed by atoms with Crippen molar-refractivity contribution in [1.82, 2.24) is 4.90 Å². The van der Waals surface area contributed by atoms with Gasteiger partial charge in [0.15, 0.2) is 0 Å². The number of nitrogens with zero attached hydrogens (tertiary/aromatic N) is 2. The molecule has 0 aromatic heterocycles. The number of imide groups is 1. The third-order valence-corrected chi connectivity index (χ3v) is 4.66. The summed E-state index contributed by atoms with van der Waals surface area (Å²) in [6.45, 7) is 1.90.